The third-order valence-electron chi connectivity index (χ3n) is 10.9. The van der Waals surface area contributed by atoms with Crippen molar-refractivity contribution in [2.75, 3.05) is 4.90 Å². The van der Waals surface area contributed by atoms with Crippen molar-refractivity contribution >= 4 is 81.3 Å². The van der Waals surface area contributed by atoms with Gasteiger partial charge in [-0.15, -0.1) is 11.3 Å². The van der Waals surface area contributed by atoms with Crippen molar-refractivity contribution in [3.63, 3.8) is 0 Å². The molecule has 0 unspecified atom stereocenters. The minimum atomic E-state index is 0.918. The fourth-order valence-corrected chi connectivity index (χ4v) is 9.43. The molecule has 9 aromatic carbocycles. The zero-order valence-corrected chi connectivity index (χ0v) is 30.6. The molecule has 0 spiro atoms. The van der Waals surface area contributed by atoms with Crippen LogP contribution in [-0.4, -0.2) is 0 Å². The van der Waals surface area contributed by atoms with Crippen molar-refractivity contribution in [3.05, 3.63) is 200 Å². The van der Waals surface area contributed by atoms with Gasteiger partial charge in [0.1, 0.15) is 11.2 Å². The molecule has 0 aliphatic carbocycles. The minimum Gasteiger partial charge on any atom is -0.456 e. The first-order chi connectivity index (χ1) is 27.2. The second kappa shape index (κ2) is 12.9. The summed E-state index contributed by atoms with van der Waals surface area (Å²) in [5.41, 5.74) is 12.3. The predicted octanol–water partition coefficient (Wildman–Crippen LogP) is 15.6. The van der Waals surface area contributed by atoms with Gasteiger partial charge in [-0.1, -0.05) is 140 Å². The van der Waals surface area contributed by atoms with Crippen LogP contribution in [0.4, 0.5) is 17.1 Å². The highest BCUT2D eigenvalue weighted by Crippen LogP contribution is 2.43. The lowest BCUT2D eigenvalue weighted by molar-refractivity contribution is 0.669. The minimum absolute atomic E-state index is 0.918. The molecular weight excluding hydrogens is 687 g/mol. The Morgan fingerprint density at radius 1 is 0.364 bits per heavy atom. The number of nitrogens with zero attached hydrogens (tertiary/aromatic N) is 1. The second-order valence-electron chi connectivity index (χ2n) is 14.1. The SMILES string of the molecule is c1ccc(-c2ccc(N(c3ccc(-c4ccc5ccc6oc7ccccc7c6c5c4)cc3)c3cccc(-c4cccc5c4sc4ccccc45)c3)cc2)cc1. The Bertz CT molecular complexity index is 3190. The lowest BCUT2D eigenvalue weighted by Gasteiger charge is -2.26. The molecule has 55 heavy (non-hydrogen) atoms. The number of rotatable bonds is 6. The number of thiophene rings is 1. The fraction of sp³-hybridized carbons (Fsp3) is 0. The zero-order chi connectivity index (χ0) is 36.3. The molecule has 258 valence electrons. The van der Waals surface area contributed by atoms with Crippen molar-refractivity contribution in [3.8, 4) is 33.4 Å². The van der Waals surface area contributed by atoms with E-state index in [4.69, 9.17) is 4.42 Å². The first-order valence-corrected chi connectivity index (χ1v) is 19.5. The molecule has 0 aliphatic heterocycles. The second-order valence-corrected chi connectivity index (χ2v) is 15.2. The summed E-state index contributed by atoms with van der Waals surface area (Å²) in [6.45, 7) is 0. The van der Waals surface area contributed by atoms with E-state index in [2.05, 4.69) is 193 Å². The van der Waals surface area contributed by atoms with Crippen LogP contribution in [0.5, 0.6) is 0 Å². The van der Waals surface area contributed by atoms with Gasteiger partial charge >= 0.3 is 0 Å². The molecule has 0 radical (unpaired) electrons. The molecule has 0 atom stereocenters. The highest BCUT2D eigenvalue weighted by atomic mass is 32.1. The quantitative estimate of drug-likeness (QED) is 0.170. The van der Waals surface area contributed by atoms with Crippen LogP contribution in [0, 0.1) is 0 Å². The highest BCUT2D eigenvalue weighted by Gasteiger charge is 2.17. The van der Waals surface area contributed by atoms with Crippen molar-refractivity contribution in [1.82, 2.24) is 0 Å². The third kappa shape index (κ3) is 5.40. The first kappa shape index (κ1) is 31.6. The van der Waals surface area contributed by atoms with Crippen LogP contribution in [-0.2, 0) is 0 Å². The highest BCUT2D eigenvalue weighted by molar-refractivity contribution is 7.26. The fourth-order valence-electron chi connectivity index (χ4n) is 8.19. The number of benzene rings is 9. The van der Waals surface area contributed by atoms with E-state index in [-0.39, 0.29) is 0 Å². The Morgan fingerprint density at radius 3 is 1.80 bits per heavy atom. The summed E-state index contributed by atoms with van der Waals surface area (Å²) in [6, 6.07) is 72.2. The van der Waals surface area contributed by atoms with Crippen LogP contribution in [0.2, 0.25) is 0 Å². The van der Waals surface area contributed by atoms with E-state index in [1.807, 2.05) is 23.5 Å². The smallest absolute Gasteiger partial charge is 0.136 e. The molecule has 2 nitrogen and oxygen atoms in total. The van der Waals surface area contributed by atoms with Gasteiger partial charge in [0.05, 0.1) is 0 Å². The third-order valence-corrected chi connectivity index (χ3v) is 12.1. The van der Waals surface area contributed by atoms with E-state index in [0.717, 1.165) is 33.6 Å². The molecule has 0 saturated carbocycles. The molecule has 0 N–H and O–H groups in total. The number of furan rings is 1. The summed E-state index contributed by atoms with van der Waals surface area (Å²) < 4.78 is 8.87. The zero-order valence-electron chi connectivity index (χ0n) is 29.8. The van der Waals surface area contributed by atoms with Gasteiger partial charge in [0.15, 0.2) is 0 Å². The van der Waals surface area contributed by atoms with E-state index in [9.17, 15) is 0 Å². The van der Waals surface area contributed by atoms with Gasteiger partial charge in [-0.25, -0.2) is 0 Å². The number of hydrogen-bond acceptors (Lipinski definition) is 3. The van der Waals surface area contributed by atoms with Crippen LogP contribution in [0.1, 0.15) is 0 Å². The van der Waals surface area contributed by atoms with Crippen LogP contribution in [0.3, 0.4) is 0 Å². The Hall–Kier alpha value is -6.94. The van der Waals surface area contributed by atoms with E-state index >= 15 is 0 Å². The maximum atomic E-state index is 6.23. The molecule has 2 aromatic heterocycles. The monoisotopic (exact) mass is 719 g/mol. The average Bonchev–Trinajstić information content (AvgIpc) is 3.84. The van der Waals surface area contributed by atoms with E-state index in [1.165, 1.54) is 69.7 Å². The van der Waals surface area contributed by atoms with E-state index < -0.39 is 0 Å². The number of para-hydroxylation sites is 1. The Morgan fingerprint density at radius 2 is 0.982 bits per heavy atom. The van der Waals surface area contributed by atoms with Crippen LogP contribution in [0.15, 0.2) is 205 Å². The molecule has 11 aromatic rings. The normalized spacial score (nSPS) is 11.6. The summed E-state index contributed by atoms with van der Waals surface area (Å²) in [4.78, 5) is 2.37. The Kier molecular flexibility index (Phi) is 7.39. The number of fused-ring (bicyclic) bond motifs is 8. The predicted molar refractivity (Wildman–Crippen MR) is 235 cm³/mol. The lowest BCUT2D eigenvalue weighted by atomic mass is 9.97. The van der Waals surface area contributed by atoms with Crippen LogP contribution < -0.4 is 4.90 Å². The molecule has 0 fully saturated rings. The van der Waals surface area contributed by atoms with E-state index in [0.29, 0.717) is 0 Å². The summed E-state index contributed by atoms with van der Waals surface area (Å²) >= 11 is 1.87. The summed E-state index contributed by atoms with van der Waals surface area (Å²) in [5, 5.41) is 7.35. The first-order valence-electron chi connectivity index (χ1n) is 18.7. The van der Waals surface area contributed by atoms with E-state index in [1.54, 1.807) is 0 Å². The Labute approximate surface area is 322 Å². The van der Waals surface area contributed by atoms with Gasteiger partial charge < -0.3 is 9.32 Å². The maximum absolute atomic E-state index is 6.23. The molecular formula is C52H33NOS. The number of hydrogen-bond donors (Lipinski definition) is 0. The van der Waals surface area contributed by atoms with Gasteiger partial charge in [-0.05, 0) is 105 Å². The van der Waals surface area contributed by atoms with Crippen molar-refractivity contribution in [2.24, 2.45) is 0 Å². The molecule has 3 heteroatoms. The van der Waals surface area contributed by atoms with Crippen molar-refractivity contribution < 1.29 is 4.42 Å². The van der Waals surface area contributed by atoms with Gasteiger partial charge in [0, 0.05) is 48.0 Å². The topological polar surface area (TPSA) is 16.4 Å². The van der Waals surface area contributed by atoms with Crippen molar-refractivity contribution in [1.29, 1.82) is 0 Å². The molecule has 0 aliphatic rings. The van der Waals surface area contributed by atoms with Crippen LogP contribution >= 0.6 is 11.3 Å². The lowest BCUT2D eigenvalue weighted by Crippen LogP contribution is -2.10. The number of anilines is 3. The average molecular weight is 720 g/mol. The van der Waals surface area contributed by atoms with Gasteiger partial charge in [-0.2, -0.15) is 0 Å². The summed E-state index contributed by atoms with van der Waals surface area (Å²) in [6.07, 6.45) is 0. The summed E-state index contributed by atoms with van der Waals surface area (Å²) in [7, 11) is 0. The molecule has 0 bridgehead atoms. The maximum Gasteiger partial charge on any atom is 0.136 e. The standard InChI is InChI=1S/C52H33NOS/c1-2-10-34(11-3-1)35-22-27-40(28-23-35)53(42-13-8-12-39(32-42)43-16-9-17-45-44-14-5-7-19-50(44)55-52(43)45)41-29-24-36(25-30-41)38-21-20-37-26-31-49-51(47(37)33-38)46-15-4-6-18-48(46)54-49/h1-33H. The Balaban J connectivity index is 1.02. The van der Waals surface area contributed by atoms with Gasteiger partial charge in [0.25, 0.3) is 0 Å². The molecule has 2 heterocycles. The van der Waals surface area contributed by atoms with Crippen LogP contribution in [0.25, 0.3) is 86.3 Å². The summed E-state index contributed by atoms with van der Waals surface area (Å²) in [5.74, 6) is 0. The van der Waals surface area contributed by atoms with Gasteiger partial charge in [0.2, 0.25) is 0 Å². The van der Waals surface area contributed by atoms with Gasteiger partial charge in [-0.3, -0.25) is 0 Å². The molecule has 11 rings (SSSR count). The van der Waals surface area contributed by atoms with Crippen molar-refractivity contribution in [2.45, 2.75) is 0 Å². The largest absolute Gasteiger partial charge is 0.456 e. The molecule has 0 saturated heterocycles. The molecule has 0 amide bonds.